The van der Waals surface area contributed by atoms with Crippen molar-refractivity contribution in [3.63, 3.8) is 0 Å². The lowest BCUT2D eigenvalue weighted by molar-refractivity contribution is 1.10. The first-order valence-electron chi connectivity index (χ1n) is 10.2. The predicted octanol–water partition coefficient (Wildman–Crippen LogP) is 5.00. The second kappa shape index (κ2) is 7.96. The molecule has 156 valence electrons. The summed E-state index contributed by atoms with van der Waals surface area (Å²) >= 11 is 0. The van der Waals surface area contributed by atoms with Crippen LogP contribution in [0.15, 0.2) is 85.8 Å². The van der Waals surface area contributed by atoms with Crippen LogP contribution >= 0.6 is 0 Å². The van der Waals surface area contributed by atoms with Crippen LogP contribution in [-0.2, 0) is 0 Å². The lowest BCUT2D eigenvalue weighted by Crippen LogP contribution is -1.93. The van der Waals surface area contributed by atoms with E-state index in [0.717, 1.165) is 49.9 Å². The summed E-state index contributed by atoms with van der Waals surface area (Å²) in [6.45, 7) is 5.69. The highest BCUT2D eigenvalue weighted by Crippen LogP contribution is 2.33. The van der Waals surface area contributed by atoms with Gasteiger partial charge in [-0.2, -0.15) is 5.10 Å². The van der Waals surface area contributed by atoms with Crippen molar-refractivity contribution < 1.29 is 0 Å². The highest BCUT2D eigenvalue weighted by molar-refractivity contribution is 6.00. The second-order valence-electron chi connectivity index (χ2n) is 7.36. The van der Waals surface area contributed by atoms with Crippen molar-refractivity contribution in [2.75, 3.05) is 0 Å². The number of aromatic amines is 2. The second-order valence-corrected chi connectivity index (χ2v) is 7.36. The van der Waals surface area contributed by atoms with E-state index in [1.54, 1.807) is 18.5 Å². The SMILES string of the molecule is C=C/C(N)=C\C(=C/C)c1cnc2n[nH]c(-c3cc4c(-c5cccnc5)cncc4[nH]3)c2c1. The minimum Gasteiger partial charge on any atom is -0.399 e. The Balaban J connectivity index is 1.65. The van der Waals surface area contributed by atoms with Crippen molar-refractivity contribution in [1.82, 2.24) is 30.1 Å². The van der Waals surface area contributed by atoms with Crippen molar-refractivity contribution in [2.45, 2.75) is 6.92 Å². The first kappa shape index (κ1) is 19.4. The molecule has 0 aliphatic heterocycles. The van der Waals surface area contributed by atoms with Crippen LogP contribution in [0.3, 0.4) is 0 Å². The van der Waals surface area contributed by atoms with Gasteiger partial charge in [-0.15, -0.1) is 0 Å². The summed E-state index contributed by atoms with van der Waals surface area (Å²) in [6, 6.07) is 8.11. The quantitative estimate of drug-likeness (QED) is 0.348. The molecule has 0 spiro atoms. The van der Waals surface area contributed by atoms with Gasteiger partial charge in [0.2, 0.25) is 0 Å². The number of H-pyrrole nitrogens is 2. The number of nitrogens with one attached hydrogen (secondary N) is 2. The highest BCUT2D eigenvalue weighted by atomic mass is 15.2. The topological polar surface area (TPSA) is 109 Å². The Morgan fingerprint density at radius 1 is 1.09 bits per heavy atom. The molecule has 0 amide bonds. The van der Waals surface area contributed by atoms with Gasteiger partial charge >= 0.3 is 0 Å². The molecule has 4 N–H and O–H groups in total. The number of nitrogens with zero attached hydrogens (tertiary/aromatic N) is 4. The maximum Gasteiger partial charge on any atom is 0.181 e. The Hall–Kier alpha value is -4.52. The third kappa shape index (κ3) is 3.35. The lowest BCUT2D eigenvalue weighted by atomic mass is 10.0. The number of hydrogen-bond donors (Lipinski definition) is 3. The Morgan fingerprint density at radius 3 is 2.78 bits per heavy atom. The minimum atomic E-state index is 0.594. The number of nitrogens with two attached hydrogens (primary N) is 1. The number of fused-ring (bicyclic) bond motifs is 2. The van der Waals surface area contributed by atoms with Gasteiger partial charge in [0.25, 0.3) is 0 Å². The molecule has 0 saturated carbocycles. The van der Waals surface area contributed by atoms with Gasteiger partial charge in [-0.05, 0) is 42.8 Å². The molecule has 0 radical (unpaired) electrons. The molecule has 5 rings (SSSR count). The van der Waals surface area contributed by atoms with Crippen LogP contribution in [0, 0.1) is 0 Å². The van der Waals surface area contributed by atoms with Crippen molar-refractivity contribution in [1.29, 1.82) is 0 Å². The van der Waals surface area contributed by atoms with Crippen LogP contribution in [0.4, 0.5) is 0 Å². The molecule has 0 bridgehead atoms. The molecule has 0 saturated heterocycles. The minimum absolute atomic E-state index is 0.594. The Labute approximate surface area is 184 Å². The van der Waals surface area contributed by atoms with E-state index >= 15 is 0 Å². The van der Waals surface area contributed by atoms with Gasteiger partial charge in [-0.3, -0.25) is 15.1 Å². The monoisotopic (exact) mass is 419 g/mol. The van der Waals surface area contributed by atoms with Gasteiger partial charge in [-0.1, -0.05) is 18.7 Å². The third-order valence-electron chi connectivity index (χ3n) is 5.40. The molecular weight excluding hydrogens is 398 g/mol. The van der Waals surface area contributed by atoms with Crippen LogP contribution in [0.5, 0.6) is 0 Å². The summed E-state index contributed by atoms with van der Waals surface area (Å²) in [5, 5.41) is 9.50. The average molecular weight is 419 g/mol. The lowest BCUT2D eigenvalue weighted by Gasteiger charge is -2.04. The van der Waals surface area contributed by atoms with E-state index in [9.17, 15) is 0 Å². The molecule has 5 aromatic rings. The van der Waals surface area contributed by atoms with Gasteiger partial charge in [0.05, 0.1) is 23.1 Å². The van der Waals surface area contributed by atoms with Crippen LogP contribution in [0.1, 0.15) is 12.5 Å². The molecule has 0 unspecified atom stereocenters. The van der Waals surface area contributed by atoms with Crippen molar-refractivity contribution in [3.8, 4) is 22.5 Å². The Kier molecular flexibility index (Phi) is 4.84. The van der Waals surface area contributed by atoms with Gasteiger partial charge in [-0.25, -0.2) is 4.98 Å². The molecule has 7 heteroatoms. The van der Waals surface area contributed by atoms with Crippen molar-refractivity contribution in [3.05, 3.63) is 91.3 Å². The van der Waals surface area contributed by atoms with E-state index in [4.69, 9.17) is 5.73 Å². The summed E-state index contributed by atoms with van der Waals surface area (Å²) < 4.78 is 0. The number of pyridine rings is 3. The first-order chi connectivity index (χ1) is 15.7. The van der Waals surface area contributed by atoms with E-state index in [-0.39, 0.29) is 0 Å². The number of allylic oxidation sites excluding steroid dienone is 4. The molecule has 0 aliphatic rings. The molecule has 0 fully saturated rings. The molecule has 0 aliphatic carbocycles. The van der Waals surface area contributed by atoms with E-state index in [2.05, 4.69) is 48.8 Å². The third-order valence-corrected chi connectivity index (χ3v) is 5.40. The van der Waals surface area contributed by atoms with Crippen LogP contribution < -0.4 is 5.73 Å². The smallest absolute Gasteiger partial charge is 0.181 e. The Bertz CT molecular complexity index is 1500. The van der Waals surface area contributed by atoms with Crippen LogP contribution in [0.25, 0.3) is 50.0 Å². The fourth-order valence-corrected chi connectivity index (χ4v) is 3.77. The number of aromatic nitrogens is 6. The zero-order chi connectivity index (χ0) is 22.1. The highest BCUT2D eigenvalue weighted by Gasteiger charge is 2.15. The largest absolute Gasteiger partial charge is 0.399 e. The van der Waals surface area contributed by atoms with Gasteiger partial charge in [0, 0.05) is 57.9 Å². The molecular formula is C25H21N7. The van der Waals surface area contributed by atoms with Crippen LogP contribution in [-0.4, -0.2) is 30.1 Å². The van der Waals surface area contributed by atoms with Crippen molar-refractivity contribution >= 4 is 27.5 Å². The first-order valence-corrected chi connectivity index (χ1v) is 10.2. The van der Waals surface area contributed by atoms with Gasteiger partial charge in [0.1, 0.15) is 0 Å². The normalized spacial score (nSPS) is 12.5. The zero-order valence-corrected chi connectivity index (χ0v) is 17.5. The number of rotatable bonds is 5. The van der Waals surface area contributed by atoms with E-state index in [1.807, 2.05) is 49.8 Å². The molecule has 5 heterocycles. The van der Waals surface area contributed by atoms with E-state index in [1.165, 1.54) is 0 Å². The Morgan fingerprint density at radius 2 is 2.00 bits per heavy atom. The summed E-state index contributed by atoms with van der Waals surface area (Å²) in [6.07, 6.45) is 14.6. The maximum atomic E-state index is 5.95. The summed E-state index contributed by atoms with van der Waals surface area (Å²) in [7, 11) is 0. The molecule has 0 atom stereocenters. The molecule has 7 nitrogen and oxygen atoms in total. The molecule has 5 aromatic heterocycles. The predicted molar refractivity (Wildman–Crippen MR) is 128 cm³/mol. The standard InChI is InChI=1S/C25H21N7/c1-3-15(8-18(26)4-2)17-9-20-24(31-32-25(20)29-12-17)22-10-19-21(13-28-14-23(19)30-22)16-6-5-7-27-11-16/h3-14,30H,2,26H2,1H3,(H,29,31,32)/b15-3+,18-8+. The maximum absolute atomic E-state index is 5.95. The fraction of sp³-hybridized carbons (Fsp3) is 0.0400. The molecule has 32 heavy (non-hydrogen) atoms. The summed E-state index contributed by atoms with van der Waals surface area (Å²) in [5.41, 5.74) is 13.8. The number of hydrogen-bond acceptors (Lipinski definition) is 5. The molecule has 0 aromatic carbocycles. The summed E-state index contributed by atoms with van der Waals surface area (Å²) in [4.78, 5) is 16.6. The zero-order valence-electron chi connectivity index (χ0n) is 17.5. The van der Waals surface area contributed by atoms with Gasteiger partial charge < -0.3 is 10.7 Å². The van der Waals surface area contributed by atoms with Gasteiger partial charge in [0.15, 0.2) is 5.65 Å². The van der Waals surface area contributed by atoms with E-state index < -0.39 is 0 Å². The van der Waals surface area contributed by atoms with E-state index in [0.29, 0.717) is 11.3 Å². The summed E-state index contributed by atoms with van der Waals surface area (Å²) in [5.74, 6) is 0. The van der Waals surface area contributed by atoms with Crippen molar-refractivity contribution in [2.24, 2.45) is 5.73 Å². The average Bonchev–Trinajstić information content (AvgIpc) is 3.46. The van der Waals surface area contributed by atoms with Crippen LogP contribution in [0.2, 0.25) is 0 Å². The fourth-order valence-electron chi connectivity index (χ4n) is 3.77.